The molecule has 7 nitrogen and oxygen atoms in total. The van der Waals surface area contributed by atoms with Crippen LogP contribution in [-0.4, -0.2) is 53.6 Å². The summed E-state index contributed by atoms with van der Waals surface area (Å²) >= 11 is 5.98. The standard InChI is InChI=1S/C22H22ClN3O4S/c1-14-19-18(30-21(14)22(27)25-8-10-31(28,29)11-9-25)7-4-16-13-26(24-20(16)19)12-15-2-5-17(23)6-3-15/h2-3,5-6,13H,4,7-12H2,1H3. The minimum Gasteiger partial charge on any atom is -0.455 e. The molecule has 5 rings (SSSR count). The van der Waals surface area contributed by atoms with Gasteiger partial charge in [-0.3, -0.25) is 9.48 Å². The molecular formula is C22H22ClN3O4S. The topological polar surface area (TPSA) is 85.4 Å². The van der Waals surface area contributed by atoms with E-state index in [4.69, 9.17) is 21.1 Å². The van der Waals surface area contributed by atoms with Crippen LogP contribution in [0.25, 0.3) is 11.3 Å². The first-order chi connectivity index (χ1) is 14.8. The van der Waals surface area contributed by atoms with Crippen molar-refractivity contribution in [2.45, 2.75) is 26.3 Å². The number of rotatable bonds is 3. The van der Waals surface area contributed by atoms with Crippen LogP contribution in [-0.2, 0) is 29.2 Å². The van der Waals surface area contributed by atoms with Crippen LogP contribution < -0.4 is 0 Å². The van der Waals surface area contributed by atoms with Gasteiger partial charge in [0.1, 0.15) is 5.76 Å². The number of hydrogen-bond donors (Lipinski definition) is 0. The third-order valence-corrected chi connectivity index (χ3v) is 7.86. The molecule has 3 heterocycles. The number of aromatic nitrogens is 2. The molecule has 1 saturated heterocycles. The van der Waals surface area contributed by atoms with E-state index >= 15 is 0 Å². The zero-order valence-corrected chi connectivity index (χ0v) is 18.7. The molecule has 31 heavy (non-hydrogen) atoms. The van der Waals surface area contributed by atoms with Gasteiger partial charge in [0.15, 0.2) is 15.6 Å². The van der Waals surface area contributed by atoms with Gasteiger partial charge in [-0.25, -0.2) is 8.42 Å². The van der Waals surface area contributed by atoms with Gasteiger partial charge in [-0.2, -0.15) is 5.10 Å². The van der Waals surface area contributed by atoms with Crippen molar-refractivity contribution < 1.29 is 17.6 Å². The molecule has 0 saturated carbocycles. The molecule has 2 aromatic heterocycles. The van der Waals surface area contributed by atoms with Gasteiger partial charge in [0.05, 0.1) is 23.7 Å². The van der Waals surface area contributed by atoms with Gasteiger partial charge in [-0.15, -0.1) is 0 Å². The van der Waals surface area contributed by atoms with Crippen molar-refractivity contribution in [1.82, 2.24) is 14.7 Å². The van der Waals surface area contributed by atoms with Gasteiger partial charge in [0.2, 0.25) is 0 Å². The van der Waals surface area contributed by atoms with Crippen molar-refractivity contribution in [2.24, 2.45) is 0 Å². The maximum absolute atomic E-state index is 13.0. The van der Waals surface area contributed by atoms with E-state index in [-0.39, 0.29) is 30.5 Å². The number of aryl methyl sites for hydroxylation is 2. The largest absolute Gasteiger partial charge is 0.455 e. The molecule has 1 aromatic carbocycles. The predicted molar refractivity (Wildman–Crippen MR) is 117 cm³/mol. The fourth-order valence-corrected chi connectivity index (χ4v) is 5.61. The molecule has 1 aliphatic carbocycles. The van der Waals surface area contributed by atoms with Crippen LogP contribution in [0, 0.1) is 6.92 Å². The monoisotopic (exact) mass is 459 g/mol. The lowest BCUT2D eigenvalue weighted by Crippen LogP contribution is -2.43. The summed E-state index contributed by atoms with van der Waals surface area (Å²) in [6.45, 7) is 2.91. The minimum absolute atomic E-state index is 0.00252. The Balaban J connectivity index is 1.43. The van der Waals surface area contributed by atoms with Crippen LogP contribution in [0.15, 0.2) is 34.9 Å². The summed E-state index contributed by atoms with van der Waals surface area (Å²) in [7, 11) is -3.05. The predicted octanol–water partition coefficient (Wildman–Crippen LogP) is 3.12. The van der Waals surface area contributed by atoms with Gasteiger partial charge < -0.3 is 9.32 Å². The van der Waals surface area contributed by atoms with E-state index in [0.29, 0.717) is 23.7 Å². The summed E-state index contributed by atoms with van der Waals surface area (Å²) in [5, 5.41) is 5.49. The van der Waals surface area contributed by atoms with Gasteiger partial charge in [0.25, 0.3) is 5.91 Å². The average molecular weight is 460 g/mol. The van der Waals surface area contributed by atoms with E-state index in [0.717, 1.165) is 40.1 Å². The Morgan fingerprint density at radius 3 is 2.58 bits per heavy atom. The van der Waals surface area contributed by atoms with Crippen LogP contribution in [0.1, 0.15) is 33.0 Å². The number of benzene rings is 1. The quantitative estimate of drug-likeness (QED) is 0.600. The summed E-state index contributed by atoms with van der Waals surface area (Å²) < 4.78 is 31.3. The van der Waals surface area contributed by atoms with Crippen molar-refractivity contribution in [1.29, 1.82) is 0 Å². The van der Waals surface area contributed by atoms with E-state index in [9.17, 15) is 13.2 Å². The number of furan rings is 1. The summed E-state index contributed by atoms with van der Waals surface area (Å²) in [6.07, 6.45) is 3.55. The Morgan fingerprint density at radius 2 is 1.87 bits per heavy atom. The lowest BCUT2D eigenvalue weighted by atomic mass is 9.93. The first kappa shape index (κ1) is 20.3. The number of fused-ring (bicyclic) bond motifs is 3. The van der Waals surface area contributed by atoms with Crippen molar-refractivity contribution in [3.05, 3.63) is 63.7 Å². The number of amides is 1. The number of hydrogen-bond acceptors (Lipinski definition) is 5. The zero-order valence-electron chi connectivity index (χ0n) is 17.1. The molecule has 0 atom stereocenters. The molecule has 0 spiro atoms. The van der Waals surface area contributed by atoms with Gasteiger partial charge >= 0.3 is 0 Å². The Labute approximate surface area is 185 Å². The van der Waals surface area contributed by atoms with Gasteiger partial charge in [0, 0.05) is 41.9 Å². The highest BCUT2D eigenvalue weighted by molar-refractivity contribution is 7.91. The normalized spacial score (nSPS) is 17.3. The summed E-state index contributed by atoms with van der Waals surface area (Å²) in [5.41, 5.74) is 4.75. The summed E-state index contributed by atoms with van der Waals surface area (Å²) in [4.78, 5) is 14.6. The van der Waals surface area contributed by atoms with Crippen LogP contribution in [0.5, 0.6) is 0 Å². The van der Waals surface area contributed by atoms with E-state index in [1.807, 2.05) is 35.9 Å². The number of carbonyl (C=O) groups is 1. The number of sulfone groups is 1. The number of halogens is 1. The van der Waals surface area contributed by atoms with Gasteiger partial charge in [-0.05, 0) is 36.6 Å². The summed E-state index contributed by atoms with van der Waals surface area (Å²) in [6, 6.07) is 7.69. The Kier molecular flexibility index (Phi) is 4.94. The maximum atomic E-state index is 13.0. The molecule has 0 N–H and O–H groups in total. The van der Waals surface area contributed by atoms with Crippen LogP contribution in [0.4, 0.5) is 0 Å². The lowest BCUT2D eigenvalue weighted by molar-refractivity contribution is 0.0735. The maximum Gasteiger partial charge on any atom is 0.289 e. The third-order valence-electron chi connectivity index (χ3n) is 6.00. The SMILES string of the molecule is Cc1c(C(=O)N2CCS(=O)(=O)CC2)oc2c1-c1nn(Cc3ccc(Cl)cc3)cc1CC2. The fourth-order valence-electron chi connectivity index (χ4n) is 4.28. The molecule has 0 bridgehead atoms. The van der Waals surface area contributed by atoms with Crippen molar-refractivity contribution >= 4 is 27.3 Å². The molecule has 1 aliphatic heterocycles. The molecule has 9 heteroatoms. The van der Waals surface area contributed by atoms with Crippen molar-refractivity contribution in [2.75, 3.05) is 24.6 Å². The highest BCUT2D eigenvalue weighted by atomic mass is 35.5. The smallest absolute Gasteiger partial charge is 0.289 e. The highest BCUT2D eigenvalue weighted by Crippen LogP contribution is 2.38. The minimum atomic E-state index is -3.05. The van der Waals surface area contributed by atoms with Crippen molar-refractivity contribution in [3.63, 3.8) is 0 Å². The fraction of sp³-hybridized carbons (Fsp3) is 0.364. The molecule has 1 fully saturated rings. The Hall–Kier alpha value is -2.58. The lowest BCUT2D eigenvalue weighted by Gasteiger charge is -2.26. The first-order valence-corrected chi connectivity index (χ1v) is 12.4. The summed E-state index contributed by atoms with van der Waals surface area (Å²) in [5.74, 6) is 0.817. The molecule has 1 amide bonds. The molecule has 162 valence electrons. The molecule has 0 radical (unpaired) electrons. The molecule has 0 unspecified atom stereocenters. The molecule has 3 aromatic rings. The molecule has 2 aliphatic rings. The van der Waals surface area contributed by atoms with Crippen LogP contribution in [0.3, 0.4) is 0 Å². The third kappa shape index (κ3) is 3.78. The second-order valence-corrected chi connectivity index (χ2v) is 10.9. The van der Waals surface area contributed by atoms with Crippen LogP contribution >= 0.6 is 11.6 Å². The second-order valence-electron chi connectivity index (χ2n) is 8.13. The van der Waals surface area contributed by atoms with Crippen LogP contribution in [0.2, 0.25) is 5.02 Å². The van der Waals surface area contributed by atoms with Gasteiger partial charge in [-0.1, -0.05) is 23.7 Å². The Bertz CT molecular complexity index is 1260. The average Bonchev–Trinajstić information content (AvgIpc) is 3.29. The first-order valence-electron chi connectivity index (χ1n) is 10.2. The molecular weight excluding hydrogens is 438 g/mol. The highest BCUT2D eigenvalue weighted by Gasteiger charge is 2.33. The number of carbonyl (C=O) groups excluding carboxylic acids is 1. The van der Waals surface area contributed by atoms with E-state index in [1.54, 1.807) is 4.90 Å². The van der Waals surface area contributed by atoms with Crippen molar-refractivity contribution in [3.8, 4) is 11.3 Å². The second kappa shape index (κ2) is 7.53. The van der Waals surface area contributed by atoms with E-state index in [2.05, 4.69) is 6.20 Å². The Morgan fingerprint density at radius 1 is 1.16 bits per heavy atom. The number of nitrogens with zero attached hydrogens (tertiary/aromatic N) is 3. The van der Waals surface area contributed by atoms with E-state index < -0.39 is 9.84 Å². The zero-order chi connectivity index (χ0) is 21.8. The van der Waals surface area contributed by atoms with E-state index in [1.165, 1.54) is 0 Å².